The molecule has 0 N–H and O–H groups in total. The molecule has 0 aliphatic rings. The number of rotatable bonds is 0. The summed E-state index contributed by atoms with van der Waals surface area (Å²) in [4.78, 5) is 0. The SMILES string of the molecule is FB(F)F.N#Cc1ccc[c]([K])c1. The third kappa shape index (κ3) is 8.53. The first kappa shape index (κ1) is 13.2. The second-order valence-corrected chi connectivity index (χ2v) is 4.03. The molecule has 1 aromatic carbocycles. The Bertz CT molecular complexity index is 297. The van der Waals surface area contributed by atoms with Gasteiger partial charge in [-0.1, -0.05) is 0 Å². The summed E-state index contributed by atoms with van der Waals surface area (Å²) in [6, 6.07) is 9.86. The van der Waals surface area contributed by atoms with Gasteiger partial charge in [-0.3, -0.25) is 12.9 Å². The number of halogens is 3. The van der Waals surface area contributed by atoms with Crippen LogP contribution < -0.4 is -0.342 Å². The van der Waals surface area contributed by atoms with Gasteiger partial charge in [0.05, 0.1) is 0 Å². The van der Waals surface area contributed by atoms with E-state index in [1.165, 1.54) is -0.342 Å². The Labute approximate surface area is 109 Å². The number of hydrogen-bond acceptors (Lipinski definition) is 1. The molecule has 0 aliphatic carbocycles. The van der Waals surface area contributed by atoms with Gasteiger partial charge in [-0.05, 0) is 0 Å². The molecule has 0 spiro atoms. The van der Waals surface area contributed by atoms with Gasteiger partial charge in [0.25, 0.3) is 0 Å². The van der Waals surface area contributed by atoms with E-state index >= 15 is 0 Å². The molecular formula is C7H4BF3KN. The number of benzene rings is 1. The zero-order chi connectivity index (χ0) is 10.3. The van der Waals surface area contributed by atoms with E-state index in [1.54, 1.807) is 0 Å². The van der Waals surface area contributed by atoms with Gasteiger partial charge in [0.1, 0.15) is 0 Å². The molecule has 0 aromatic heterocycles. The topological polar surface area (TPSA) is 23.8 Å². The van der Waals surface area contributed by atoms with E-state index in [2.05, 4.69) is 12.1 Å². The summed E-state index contributed by atoms with van der Waals surface area (Å²) < 4.78 is 30.3. The van der Waals surface area contributed by atoms with E-state index < -0.39 is 7.54 Å². The van der Waals surface area contributed by atoms with Crippen LogP contribution in [0.2, 0.25) is 0 Å². The summed E-state index contributed by atoms with van der Waals surface area (Å²) in [6.45, 7) is 0. The second-order valence-electron chi connectivity index (χ2n) is 2.23. The van der Waals surface area contributed by atoms with Gasteiger partial charge in [-0.2, -0.15) is 0 Å². The van der Waals surface area contributed by atoms with E-state index in [0.29, 0.717) is 49.0 Å². The third-order valence-corrected chi connectivity index (χ3v) is 2.12. The van der Waals surface area contributed by atoms with Crippen molar-refractivity contribution in [2.45, 2.75) is 0 Å². The van der Waals surface area contributed by atoms with Crippen LogP contribution in [0.25, 0.3) is 0 Å². The van der Waals surface area contributed by atoms with Crippen LogP contribution in [0, 0.1) is 11.3 Å². The summed E-state index contributed by atoms with van der Waals surface area (Å²) in [5, 5.41) is 8.43. The van der Waals surface area contributed by atoms with E-state index in [0.717, 1.165) is 5.56 Å². The van der Waals surface area contributed by atoms with Crippen LogP contribution in [0.15, 0.2) is 24.3 Å². The molecule has 6 heteroatoms. The maximum absolute atomic E-state index is 9.67. The monoisotopic (exact) mass is 209 g/mol. The molecule has 0 heterocycles. The Hall–Kier alpha value is 0.201. The molecule has 0 unspecified atom stereocenters. The predicted molar refractivity (Wildman–Crippen MR) is 45.6 cm³/mol. The summed E-state index contributed by atoms with van der Waals surface area (Å²) in [5.41, 5.74) is 0.778. The number of nitrogens with zero attached hydrogens (tertiary/aromatic N) is 1. The molecule has 13 heavy (non-hydrogen) atoms. The maximum atomic E-state index is 9.67. The van der Waals surface area contributed by atoms with E-state index in [9.17, 15) is 12.9 Å². The average molecular weight is 209 g/mol. The Balaban J connectivity index is 0.000000310. The first-order valence-electron chi connectivity index (χ1n) is 3.45. The molecule has 0 bridgehead atoms. The van der Waals surface area contributed by atoms with Crippen molar-refractivity contribution in [3.63, 3.8) is 0 Å². The van der Waals surface area contributed by atoms with Crippen molar-refractivity contribution >= 4 is 56.2 Å². The minimum absolute atomic E-state index is 0.694. The Morgan fingerprint density at radius 2 is 1.85 bits per heavy atom. The van der Waals surface area contributed by atoms with E-state index in [1.807, 2.05) is 18.2 Å². The van der Waals surface area contributed by atoms with Crippen molar-refractivity contribution in [3.05, 3.63) is 29.8 Å². The third-order valence-electron chi connectivity index (χ3n) is 1.15. The van der Waals surface area contributed by atoms with Crippen LogP contribution in [0.1, 0.15) is 5.56 Å². The molecule has 1 rings (SSSR count). The van der Waals surface area contributed by atoms with Gasteiger partial charge >= 0.3 is 97.3 Å². The average Bonchev–Trinajstić information content (AvgIpc) is 2.03. The molecule has 1 nitrogen and oxygen atoms in total. The van der Waals surface area contributed by atoms with Crippen LogP contribution in [-0.4, -0.2) is 56.5 Å². The number of nitriles is 1. The molecule has 62 valence electrons. The minimum atomic E-state index is -3.67. The Kier molecular flexibility index (Phi) is 7.71. The van der Waals surface area contributed by atoms with Crippen molar-refractivity contribution < 1.29 is 12.9 Å². The molecule has 0 fully saturated rings. The fourth-order valence-electron chi connectivity index (χ4n) is 0.715. The van der Waals surface area contributed by atoms with Crippen molar-refractivity contribution in [1.82, 2.24) is 0 Å². The molecule has 0 saturated carbocycles. The predicted octanol–water partition coefficient (Wildman–Crippen LogP) is 1.23. The van der Waals surface area contributed by atoms with Gasteiger partial charge in [-0.25, -0.2) is 0 Å². The van der Waals surface area contributed by atoms with Crippen LogP contribution in [-0.2, 0) is 0 Å². The standard InChI is InChI=1S/C7H4N.BF3.K/c8-6-7-4-2-1-3-5-7;2-1(3)4;/h1-2,4-5H;;. The first-order valence-corrected chi connectivity index (χ1v) is 5.01. The molecule has 0 saturated heterocycles. The van der Waals surface area contributed by atoms with Gasteiger partial charge in [0, 0.05) is 0 Å². The van der Waals surface area contributed by atoms with E-state index in [4.69, 9.17) is 5.26 Å². The van der Waals surface area contributed by atoms with Gasteiger partial charge in [0.2, 0.25) is 0 Å². The van der Waals surface area contributed by atoms with Gasteiger partial charge in [-0.15, -0.1) is 0 Å². The van der Waals surface area contributed by atoms with Crippen LogP contribution in [0.3, 0.4) is 0 Å². The molecule has 0 radical (unpaired) electrons. The molecule has 0 amide bonds. The van der Waals surface area contributed by atoms with Gasteiger partial charge < -0.3 is 0 Å². The molecule has 0 aliphatic heterocycles. The van der Waals surface area contributed by atoms with Crippen LogP contribution in [0.5, 0.6) is 0 Å². The Morgan fingerprint density at radius 1 is 1.31 bits per heavy atom. The fourth-order valence-corrected chi connectivity index (χ4v) is 1.50. The second kappa shape index (κ2) is 7.59. The van der Waals surface area contributed by atoms with Crippen LogP contribution >= 0.6 is 0 Å². The van der Waals surface area contributed by atoms with Crippen molar-refractivity contribution in [1.29, 1.82) is 5.26 Å². The quantitative estimate of drug-likeness (QED) is 0.589. The fraction of sp³-hybridized carbons (Fsp3) is 0. The normalized spacial score (nSPS) is 8.00. The summed E-state index contributed by atoms with van der Waals surface area (Å²) in [7, 11) is -3.67. The summed E-state index contributed by atoms with van der Waals surface area (Å²) in [6.07, 6.45) is 0. The van der Waals surface area contributed by atoms with Crippen LogP contribution in [0.4, 0.5) is 12.9 Å². The summed E-state index contributed by atoms with van der Waals surface area (Å²) >= 11 is 0.694. The first-order chi connectivity index (χ1) is 6.06. The zero-order valence-electron chi connectivity index (χ0n) is 6.97. The van der Waals surface area contributed by atoms with Crippen molar-refractivity contribution in [2.24, 2.45) is 0 Å². The zero-order valence-corrected chi connectivity index (χ0v) is 10.1. The number of hydrogen-bond donors (Lipinski definition) is 0. The Morgan fingerprint density at radius 3 is 2.15 bits per heavy atom. The summed E-state index contributed by atoms with van der Waals surface area (Å²) in [5.74, 6) is 0. The van der Waals surface area contributed by atoms with E-state index in [-0.39, 0.29) is 0 Å². The van der Waals surface area contributed by atoms with Crippen molar-refractivity contribution in [3.8, 4) is 6.07 Å². The van der Waals surface area contributed by atoms with Gasteiger partial charge in [0.15, 0.2) is 0 Å². The molecular weight excluding hydrogens is 205 g/mol. The molecule has 0 atom stereocenters. The van der Waals surface area contributed by atoms with Crippen molar-refractivity contribution in [2.75, 3.05) is 0 Å². The molecule has 1 aromatic rings.